The fraction of sp³-hybridized carbons (Fsp3) is 0.250. The number of nitrogen functional groups attached to an aromatic ring is 1. The summed E-state index contributed by atoms with van der Waals surface area (Å²) in [5, 5.41) is 0. The maximum absolute atomic E-state index is 11.3. The van der Waals surface area contributed by atoms with Crippen LogP contribution in [0.2, 0.25) is 0 Å². The third kappa shape index (κ3) is 3.46. The van der Waals surface area contributed by atoms with Crippen LogP contribution in [-0.4, -0.2) is 12.6 Å². The number of carbonyl (C=O) groups is 1. The molecule has 0 aliphatic rings. The van der Waals surface area contributed by atoms with Crippen LogP contribution in [0, 0.1) is 0 Å². The van der Waals surface area contributed by atoms with E-state index in [1.165, 1.54) is 0 Å². The maximum atomic E-state index is 11.3. The molecule has 0 unspecified atom stereocenters. The highest BCUT2D eigenvalue weighted by atomic mass is 16.5. The lowest BCUT2D eigenvalue weighted by atomic mass is 10.1. The summed E-state index contributed by atoms with van der Waals surface area (Å²) in [6, 6.07) is 7.31. The van der Waals surface area contributed by atoms with Gasteiger partial charge in [0, 0.05) is 11.3 Å². The van der Waals surface area contributed by atoms with Gasteiger partial charge in [-0.15, -0.1) is 0 Å². The Labute approximate surface area is 89.5 Å². The molecule has 15 heavy (non-hydrogen) atoms. The van der Waals surface area contributed by atoms with E-state index in [0.717, 1.165) is 5.56 Å². The molecule has 3 heteroatoms. The van der Waals surface area contributed by atoms with Crippen molar-refractivity contribution in [3.63, 3.8) is 0 Å². The Hall–Kier alpha value is -1.77. The fourth-order valence-corrected chi connectivity index (χ4v) is 1.15. The highest BCUT2D eigenvalue weighted by molar-refractivity contribution is 5.93. The molecule has 1 aromatic carbocycles. The van der Waals surface area contributed by atoms with Crippen molar-refractivity contribution < 1.29 is 9.53 Å². The standard InChI is InChI=1S/C12H15NO2/c1-3-15-12(14)9(2)8-10-4-6-11(13)7-5-10/h4-8H,3,13H2,1-2H3/b9-8+. The number of benzene rings is 1. The molecule has 0 aromatic heterocycles. The smallest absolute Gasteiger partial charge is 0.333 e. The first-order valence-corrected chi connectivity index (χ1v) is 4.84. The highest BCUT2D eigenvalue weighted by Gasteiger charge is 2.03. The van der Waals surface area contributed by atoms with E-state index in [0.29, 0.717) is 17.9 Å². The van der Waals surface area contributed by atoms with Crippen molar-refractivity contribution in [1.29, 1.82) is 0 Å². The number of ether oxygens (including phenoxy) is 1. The van der Waals surface area contributed by atoms with Gasteiger partial charge in [-0.05, 0) is 37.6 Å². The van der Waals surface area contributed by atoms with E-state index >= 15 is 0 Å². The van der Waals surface area contributed by atoms with Gasteiger partial charge in [-0.3, -0.25) is 0 Å². The van der Waals surface area contributed by atoms with Crippen LogP contribution in [-0.2, 0) is 9.53 Å². The second-order valence-electron chi connectivity index (χ2n) is 3.21. The van der Waals surface area contributed by atoms with E-state index in [4.69, 9.17) is 10.5 Å². The summed E-state index contributed by atoms with van der Waals surface area (Å²) in [7, 11) is 0. The molecule has 0 atom stereocenters. The van der Waals surface area contributed by atoms with Crippen LogP contribution in [0.5, 0.6) is 0 Å². The van der Waals surface area contributed by atoms with E-state index in [2.05, 4.69) is 0 Å². The summed E-state index contributed by atoms with van der Waals surface area (Å²) in [5.74, 6) is -0.283. The van der Waals surface area contributed by atoms with E-state index in [-0.39, 0.29) is 5.97 Å². The molecule has 1 rings (SSSR count). The lowest BCUT2D eigenvalue weighted by Gasteiger charge is -2.01. The van der Waals surface area contributed by atoms with Gasteiger partial charge in [-0.1, -0.05) is 12.1 Å². The van der Waals surface area contributed by atoms with E-state index in [1.54, 1.807) is 32.1 Å². The minimum Gasteiger partial charge on any atom is -0.463 e. The Bertz CT molecular complexity index is 366. The molecule has 0 amide bonds. The lowest BCUT2D eigenvalue weighted by molar-refractivity contribution is -0.138. The predicted molar refractivity (Wildman–Crippen MR) is 61.1 cm³/mol. The second-order valence-corrected chi connectivity index (χ2v) is 3.21. The number of hydrogen-bond acceptors (Lipinski definition) is 3. The summed E-state index contributed by atoms with van der Waals surface area (Å²) >= 11 is 0. The third-order valence-corrected chi connectivity index (χ3v) is 1.92. The third-order valence-electron chi connectivity index (χ3n) is 1.92. The number of esters is 1. The molecule has 0 spiro atoms. The van der Waals surface area contributed by atoms with Crippen molar-refractivity contribution >= 4 is 17.7 Å². The molecule has 0 aliphatic heterocycles. The maximum Gasteiger partial charge on any atom is 0.333 e. The average molecular weight is 205 g/mol. The first-order valence-electron chi connectivity index (χ1n) is 4.84. The van der Waals surface area contributed by atoms with Crippen LogP contribution in [0.1, 0.15) is 19.4 Å². The quantitative estimate of drug-likeness (QED) is 0.467. The topological polar surface area (TPSA) is 52.3 Å². The molecule has 2 N–H and O–H groups in total. The lowest BCUT2D eigenvalue weighted by Crippen LogP contribution is -2.04. The highest BCUT2D eigenvalue weighted by Crippen LogP contribution is 2.10. The molecule has 80 valence electrons. The molecule has 3 nitrogen and oxygen atoms in total. The molecule has 1 aromatic rings. The first-order chi connectivity index (χ1) is 7.13. The van der Waals surface area contributed by atoms with Crippen LogP contribution in [0.3, 0.4) is 0 Å². The van der Waals surface area contributed by atoms with Crippen molar-refractivity contribution in [3.8, 4) is 0 Å². The number of hydrogen-bond donors (Lipinski definition) is 1. The molecule has 0 bridgehead atoms. The van der Waals surface area contributed by atoms with E-state index in [9.17, 15) is 4.79 Å². The number of carbonyl (C=O) groups excluding carboxylic acids is 1. The normalized spacial score (nSPS) is 11.2. The fourth-order valence-electron chi connectivity index (χ4n) is 1.15. The number of rotatable bonds is 3. The summed E-state index contributed by atoms with van der Waals surface area (Å²) < 4.78 is 4.87. The molecular formula is C12H15NO2. The van der Waals surface area contributed by atoms with Crippen molar-refractivity contribution in [1.82, 2.24) is 0 Å². The Kier molecular flexibility index (Phi) is 3.92. The van der Waals surface area contributed by atoms with Gasteiger partial charge in [0.15, 0.2) is 0 Å². The summed E-state index contributed by atoms with van der Waals surface area (Å²) in [5.41, 5.74) is 7.79. The Morgan fingerprint density at radius 2 is 2.00 bits per heavy atom. The summed E-state index contributed by atoms with van der Waals surface area (Å²) in [4.78, 5) is 11.3. The SMILES string of the molecule is CCOC(=O)/C(C)=C/c1ccc(N)cc1. The second kappa shape index (κ2) is 5.20. The minimum absolute atomic E-state index is 0.283. The van der Waals surface area contributed by atoms with E-state index in [1.807, 2.05) is 12.1 Å². The first kappa shape index (κ1) is 11.3. The zero-order valence-electron chi connectivity index (χ0n) is 8.99. The van der Waals surface area contributed by atoms with Gasteiger partial charge in [0.05, 0.1) is 6.61 Å². The molecule has 0 heterocycles. The molecule has 0 aliphatic carbocycles. The van der Waals surface area contributed by atoms with Gasteiger partial charge < -0.3 is 10.5 Å². The van der Waals surface area contributed by atoms with Crippen LogP contribution in [0.25, 0.3) is 6.08 Å². The summed E-state index contributed by atoms with van der Waals surface area (Å²) in [6.07, 6.45) is 1.78. The molecule has 0 fully saturated rings. The molecule has 0 radical (unpaired) electrons. The number of nitrogens with two attached hydrogens (primary N) is 1. The Balaban J connectivity index is 2.78. The van der Waals surface area contributed by atoms with Gasteiger partial charge in [0.2, 0.25) is 0 Å². The zero-order valence-corrected chi connectivity index (χ0v) is 8.99. The van der Waals surface area contributed by atoms with Gasteiger partial charge in [-0.25, -0.2) is 4.79 Å². The summed E-state index contributed by atoms with van der Waals surface area (Å²) in [6.45, 7) is 3.91. The molecule has 0 saturated carbocycles. The largest absolute Gasteiger partial charge is 0.463 e. The minimum atomic E-state index is -0.283. The predicted octanol–water partition coefficient (Wildman–Crippen LogP) is 2.24. The molecular weight excluding hydrogens is 190 g/mol. The monoisotopic (exact) mass is 205 g/mol. The van der Waals surface area contributed by atoms with Gasteiger partial charge in [0.25, 0.3) is 0 Å². The van der Waals surface area contributed by atoms with Gasteiger partial charge in [0.1, 0.15) is 0 Å². The van der Waals surface area contributed by atoms with Gasteiger partial charge >= 0.3 is 5.97 Å². The Morgan fingerprint density at radius 3 is 2.53 bits per heavy atom. The average Bonchev–Trinajstić information content (AvgIpc) is 2.22. The molecule has 0 saturated heterocycles. The Morgan fingerprint density at radius 1 is 1.40 bits per heavy atom. The van der Waals surface area contributed by atoms with Crippen LogP contribution in [0.15, 0.2) is 29.8 Å². The van der Waals surface area contributed by atoms with Crippen LogP contribution >= 0.6 is 0 Å². The van der Waals surface area contributed by atoms with Crippen molar-refractivity contribution in [2.24, 2.45) is 0 Å². The van der Waals surface area contributed by atoms with Crippen molar-refractivity contribution in [2.75, 3.05) is 12.3 Å². The zero-order chi connectivity index (χ0) is 11.3. The van der Waals surface area contributed by atoms with Crippen molar-refractivity contribution in [3.05, 3.63) is 35.4 Å². The number of anilines is 1. The van der Waals surface area contributed by atoms with E-state index < -0.39 is 0 Å². The van der Waals surface area contributed by atoms with Crippen LogP contribution < -0.4 is 5.73 Å². The van der Waals surface area contributed by atoms with Crippen molar-refractivity contribution in [2.45, 2.75) is 13.8 Å². The van der Waals surface area contributed by atoms with Crippen LogP contribution in [0.4, 0.5) is 5.69 Å². The van der Waals surface area contributed by atoms with Gasteiger partial charge in [-0.2, -0.15) is 0 Å².